The number of hydrogen-bond acceptors (Lipinski definition) is 9. The molecule has 0 aromatic heterocycles. The first kappa shape index (κ1) is 37.6. The van der Waals surface area contributed by atoms with E-state index in [1.165, 1.54) is 12.1 Å². The minimum Gasteiger partial charge on any atom is -0.489 e. The number of anilines is 1. The minimum atomic E-state index is -0.997. The van der Waals surface area contributed by atoms with Crippen LogP contribution in [0.1, 0.15) is 101 Å². The van der Waals surface area contributed by atoms with Crippen molar-refractivity contribution in [3.63, 3.8) is 0 Å². The lowest BCUT2D eigenvalue weighted by atomic mass is 9.49. The number of carbonyl (C=O) groups excluding carboxylic acids is 5. The number of nitrogens with zero attached hydrogens (tertiary/aromatic N) is 4. The molecule has 12 nitrogen and oxygen atoms in total. The highest BCUT2D eigenvalue weighted by Crippen LogP contribution is 2.55. The number of nitrogens with one attached hydrogen (secondary N) is 2. The Kier molecular flexibility index (Phi) is 9.20. The maximum atomic E-state index is 15.6. The zero-order valence-electron chi connectivity index (χ0n) is 31.6. The van der Waals surface area contributed by atoms with E-state index >= 15 is 4.39 Å². The van der Waals surface area contributed by atoms with E-state index in [1.807, 2.05) is 33.8 Å². The molecule has 3 aromatic carbocycles. The van der Waals surface area contributed by atoms with Crippen molar-refractivity contribution in [2.45, 2.75) is 90.7 Å². The van der Waals surface area contributed by atoms with E-state index in [2.05, 4.69) is 20.4 Å². The zero-order chi connectivity index (χ0) is 39.8. The molecule has 0 radical (unpaired) electrons. The molecule has 4 aliphatic heterocycles. The quantitative estimate of drug-likeness (QED) is 0.303. The van der Waals surface area contributed by atoms with E-state index in [4.69, 9.17) is 16.3 Å². The molecule has 0 spiro atoms. The van der Waals surface area contributed by atoms with Crippen molar-refractivity contribution in [3.05, 3.63) is 92.8 Å². The van der Waals surface area contributed by atoms with Gasteiger partial charge in [0.15, 0.2) is 0 Å². The molecule has 8 rings (SSSR count). The highest BCUT2D eigenvalue weighted by Gasteiger charge is 2.64. The number of halogens is 2. The number of fused-ring (bicyclic) bond motifs is 2. The van der Waals surface area contributed by atoms with Crippen LogP contribution in [0.4, 0.5) is 10.1 Å². The predicted molar refractivity (Wildman–Crippen MR) is 203 cm³/mol. The molecule has 1 unspecified atom stereocenters. The van der Waals surface area contributed by atoms with Crippen molar-refractivity contribution in [2.75, 3.05) is 18.0 Å². The Bertz CT molecular complexity index is 2200. The maximum Gasteiger partial charge on any atom is 0.262 e. The van der Waals surface area contributed by atoms with Gasteiger partial charge >= 0.3 is 0 Å². The normalized spacial score (nSPS) is 24.3. The van der Waals surface area contributed by atoms with Crippen molar-refractivity contribution in [1.29, 1.82) is 5.26 Å². The first-order valence-corrected chi connectivity index (χ1v) is 19.3. The molecule has 1 saturated carbocycles. The number of hydrogen-bond donors (Lipinski definition) is 2. The molecule has 0 bridgehead atoms. The fourth-order valence-electron chi connectivity index (χ4n) is 9.83. The second-order valence-electron chi connectivity index (χ2n) is 16.7. The van der Waals surface area contributed by atoms with Gasteiger partial charge in [-0.25, -0.2) is 4.39 Å². The van der Waals surface area contributed by atoms with E-state index in [-0.39, 0.29) is 47.7 Å². The summed E-state index contributed by atoms with van der Waals surface area (Å²) in [5.41, 5.74) is 2.57. The molecule has 4 heterocycles. The maximum absolute atomic E-state index is 15.6. The van der Waals surface area contributed by atoms with Crippen molar-refractivity contribution in [2.24, 2.45) is 10.8 Å². The molecule has 5 aliphatic rings. The van der Waals surface area contributed by atoms with Gasteiger partial charge in [0.05, 0.1) is 27.3 Å². The summed E-state index contributed by atoms with van der Waals surface area (Å²) in [6, 6.07) is 14.2. The molecule has 290 valence electrons. The molecule has 2 saturated heterocycles. The third-order valence-electron chi connectivity index (χ3n) is 12.5. The number of nitriles is 1. The van der Waals surface area contributed by atoms with Crippen LogP contribution >= 0.6 is 11.6 Å². The molecular weight excluding hydrogens is 739 g/mol. The Balaban J connectivity index is 0.864. The second-order valence-corrected chi connectivity index (χ2v) is 17.1. The van der Waals surface area contributed by atoms with Gasteiger partial charge < -0.3 is 15.0 Å². The third-order valence-corrected chi connectivity index (χ3v) is 12.8. The van der Waals surface area contributed by atoms with Crippen LogP contribution in [0.25, 0.3) is 0 Å². The molecule has 5 amide bonds. The summed E-state index contributed by atoms with van der Waals surface area (Å²) in [6.45, 7) is 10.6. The van der Waals surface area contributed by atoms with E-state index in [1.54, 1.807) is 36.4 Å². The lowest BCUT2D eigenvalue weighted by Crippen LogP contribution is -2.74. The van der Waals surface area contributed by atoms with Crippen LogP contribution in [0, 0.1) is 28.0 Å². The highest BCUT2D eigenvalue weighted by atomic mass is 35.5. The van der Waals surface area contributed by atoms with Gasteiger partial charge in [0.25, 0.3) is 17.7 Å². The Hall–Kier alpha value is -5.32. The average molecular weight is 781 g/mol. The molecule has 2 N–H and O–H groups in total. The van der Waals surface area contributed by atoms with Gasteiger partial charge in [-0.2, -0.15) is 5.26 Å². The highest BCUT2D eigenvalue weighted by molar-refractivity contribution is 6.31. The topological polar surface area (TPSA) is 152 Å². The molecule has 1 aliphatic carbocycles. The summed E-state index contributed by atoms with van der Waals surface area (Å²) in [5.74, 6) is -2.62. The number of carbonyl (C=O) groups is 5. The van der Waals surface area contributed by atoms with Crippen LogP contribution in [-0.4, -0.2) is 76.7 Å². The Morgan fingerprint density at radius 1 is 0.929 bits per heavy atom. The lowest BCUT2D eigenvalue weighted by Gasteiger charge is -2.63. The Morgan fingerprint density at radius 3 is 2.14 bits per heavy atom. The van der Waals surface area contributed by atoms with E-state index in [0.29, 0.717) is 48.2 Å². The van der Waals surface area contributed by atoms with Crippen molar-refractivity contribution in [1.82, 2.24) is 20.4 Å². The van der Waals surface area contributed by atoms with E-state index in [0.717, 1.165) is 28.9 Å². The summed E-state index contributed by atoms with van der Waals surface area (Å²) < 4.78 is 22.0. The fraction of sp³-hybridized carbons (Fsp3) is 0.429. The van der Waals surface area contributed by atoms with Crippen LogP contribution < -0.4 is 20.3 Å². The van der Waals surface area contributed by atoms with E-state index in [9.17, 15) is 29.2 Å². The lowest BCUT2D eigenvalue weighted by molar-refractivity contribution is -0.164. The average Bonchev–Trinajstić information content (AvgIpc) is 3.69. The van der Waals surface area contributed by atoms with Crippen molar-refractivity contribution in [3.8, 4) is 11.8 Å². The fourth-order valence-corrected chi connectivity index (χ4v) is 10.0. The summed E-state index contributed by atoms with van der Waals surface area (Å²) in [5, 5.41) is 14.8. The second kappa shape index (κ2) is 13.7. The number of ether oxygens (including phenoxy) is 1. The molecule has 14 heteroatoms. The first-order chi connectivity index (χ1) is 26.6. The minimum absolute atomic E-state index is 0.0302. The van der Waals surface area contributed by atoms with Gasteiger partial charge in [0.2, 0.25) is 11.8 Å². The zero-order valence-corrected chi connectivity index (χ0v) is 32.3. The number of rotatable bonds is 7. The molecular formula is C42H42ClFN6O6. The number of imide groups is 2. The van der Waals surface area contributed by atoms with Crippen LogP contribution in [0.15, 0.2) is 48.5 Å². The first-order valence-electron chi connectivity index (χ1n) is 18.9. The third kappa shape index (κ3) is 6.19. The molecule has 3 aromatic rings. The summed E-state index contributed by atoms with van der Waals surface area (Å²) in [4.78, 5) is 69.7. The Morgan fingerprint density at radius 2 is 1.57 bits per heavy atom. The molecule has 3 fully saturated rings. The van der Waals surface area contributed by atoms with Crippen molar-refractivity contribution >= 4 is 46.8 Å². The van der Waals surface area contributed by atoms with Crippen LogP contribution in [0.2, 0.25) is 5.02 Å². The standard InChI is InChI=1S/C42H42ClFN6O6/c1-41(2)39(42(3,4)40(41)56-27-7-5-22(19-45)31(43)18-27)47-35(52)28-8-6-26(17-32(28)44)48-13-11-25(12-14-48)49-20-23-15-29-30(16-24(23)21-49)38(55)50(37(29)54)33-9-10-34(51)46-36(33)53/h5-8,15-18,25,33,39-40H,9-14,20-21H2,1-4H3,(H,47,52)(H,46,51,53). The summed E-state index contributed by atoms with van der Waals surface area (Å²) >= 11 is 6.22. The van der Waals surface area contributed by atoms with Crippen LogP contribution in [0.5, 0.6) is 5.75 Å². The van der Waals surface area contributed by atoms with Gasteiger partial charge in [0, 0.05) is 67.3 Å². The van der Waals surface area contributed by atoms with E-state index < -0.39 is 52.2 Å². The summed E-state index contributed by atoms with van der Waals surface area (Å²) in [6.07, 6.45) is 1.54. The smallest absolute Gasteiger partial charge is 0.262 e. The predicted octanol–water partition coefficient (Wildman–Crippen LogP) is 5.35. The molecule has 56 heavy (non-hydrogen) atoms. The van der Waals surface area contributed by atoms with Gasteiger partial charge in [-0.3, -0.25) is 39.1 Å². The summed E-state index contributed by atoms with van der Waals surface area (Å²) in [7, 11) is 0. The SMILES string of the molecule is CC1(C)C(NC(=O)c2ccc(N3CCC(N4Cc5cc6c(cc5C4)C(=O)N(C4CCC(=O)NC4=O)C6=O)CC3)cc2F)C(C)(C)C1Oc1ccc(C#N)c(Cl)c1. The van der Waals surface area contributed by atoms with Gasteiger partial charge in [-0.15, -0.1) is 0 Å². The van der Waals surface area contributed by atoms with Gasteiger partial charge in [-0.05, 0) is 72.9 Å². The largest absolute Gasteiger partial charge is 0.489 e. The number of amides is 5. The van der Waals surface area contributed by atoms with Crippen molar-refractivity contribution < 1.29 is 33.1 Å². The van der Waals surface area contributed by atoms with Crippen LogP contribution in [-0.2, 0) is 22.7 Å². The Labute approximate surface area is 328 Å². The van der Waals surface area contributed by atoms with Gasteiger partial charge in [-0.1, -0.05) is 39.3 Å². The monoisotopic (exact) mass is 780 g/mol. The number of piperidine rings is 2. The molecule has 1 atom stereocenters. The number of benzene rings is 3. The van der Waals surface area contributed by atoms with Gasteiger partial charge in [0.1, 0.15) is 29.8 Å². The van der Waals surface area contributed by atoms with Crippen LogP contribution in [0.3, 0.4) is 0 Å².